The molecule has 3 N–H and O–H groups in total. The van der Waals surface area contributed by atoms with Crippen LogP contribution in [-0.4, -0.2) is 52.6 Å². The monoisotopic (exact) mass is 216 g/mol. The van der Waals surface area contributed by atoms with E-state index in [4.69, 9.17) is 14.6 Å². The van der Waals surface area contributed by atoms with Crippen molar-refractivity contribution in [2.24, 2.45) is 0 Å². The summed E-state index contributed by atoms with van der Waals surface area (Å²) in [6.07, 6.45) is 1.59. The van der Waals surface area contributed by atoms with E-state index >= 15 is 0 Å². The van der Waals surface area contributed by atoms with Crippen LogP contribution in [0.25, 0.3) is 0 Å². The van der Waals surface area contributed by atoms with Crippen molar-refractivity contribution in [1.29, 1.82) is 0 Å². The minimum Gasteiger partial charge on any atom is -0.391 e. The number of aliphatic hydroxyl groups excluding tert-OH is 3. The number of ether oxygens (including phenoxy) is 2. The quantitative estimate of drug-likeness (QED) is 0.498. The van der Waals surface area contributed by atoms with Crippen molar-refractivity contribution in [2.75, 3.05) is 6.61 Å². The van der Waals surface area contributed by atoms with E-state index in [1.807, 2.05) is 0 Å². The lowest BCUT2D eigenvalue weighted by Gasteiger charge is -2.23. The molecule has 0 aromatic heterocycles. The number of fused-ring (bicyclic) bond motifs is 1. The Balaban J connectivity index is 2.07. The van der Waals surface area contributed by atoms with Crippen LogP contribution >= 0.6 is 0 Å². The van der Waals surface area contributed by atoms with E-state index in [9.17, 15) is 10.2 Å². The first-order valence-corrected chi connectivity index (χ1v) is 5.17. The van der Waals surface area contributed by atoms with Gasteiger partial charge in [0.25, 0.3) is 0 Å². The topological polar surface area (TPSA) is 79.2 Å². The molecule has 1 saturated heterocycles. The average molecular weight is 216 g/mol. The van der Waals surface area contributed by atoms with E-state index < -0.39 is 24.6 Å². The SMILES string of the molecule is OCC1OC2CCC(O)/C=C/C(O)C2O1. The minimum atomic E-state index is -0.790. The van der Waals surface area contributed by atoms with E-state index in [0.717, 1.165) is 0 Å². The van der Waals surface area contributed by atoms with Crippen molar-refractivity contribution < 1.29 is 24.8 Å². The zero-order valence-corrected chi connectivity index (χ0v) is 8.32. The Morgan fingerprint density at radius 2 is 1.93 bits per heavy atom. The van der Waals surface area contributed by atoms with Crippen LogP contribution < -0.4 is 0 Å². The highest BCUT2D eigenvalue weighted by atomic mass is 16.7. The van der Waals surface area contributed by atoms with E-state index in [0.29, 0.717) is 12.8 Å². The van der Waals surface area contributed by atoms with Crippen LogP contribution in [-0.2, 0) is 9.47 Å². The van der Waals surface area contributed by atoms with Gasteiger partial charge in [0.05, 0.1) is 18.8 Å². The molecule has 0 bridgehead atoms. The molecule has 1 fully saturated rings. The Kier molecular flexibility index (Phi) is 3.38. The van der Waals surface area contributed by atoms with Crippen molar-refractivity contribution in [3.8, 4) is 0 Å². The van der Waals surface area contributed by atoms with Gasteiger partial charge < -0.3 is 24.8 Å². The van der Waals surface area contributed by atoms with Gasteiger partial charge in [-0.25, -0.2) is 0 Å². The maximum atomic E-state index is 9.73. The van der Waals surface area contributed by atoms with Crippen molar-refractivity contribution in [1.82, 2.24) is 0 Å². The summed E-state index contributed by atoms with van der Waals surface area (Å²) in [5.41, 5.74) is 0. The van der Waals surface area contributed by atoms with E-state index in [1.165, 1.54) is 6.08 Å². The second-order valence-corrected chi connectivity index (χ2v) is 3.91. The van der Waals surface area contributed by atoms with Gasteiger partial charge in [0.2, 0.25) is 0 Å². The summed E-state index contributed by atoms with van der Waals surface area (Å²) in [5.74, 6) is 0. The fraction of sp³-hybridized carbons (Fsp3) is 0.800. The third kappa shape index (κ3) is 2.38. The molecule has 0 aromatic rings. The normalized spacial score (nSPS) is 48.1. The first kappa shape index (κ1) is 11.0. The van der Waals surface area contributed by atoms with Gasteiger partial charge in [-0.15, -0.1) is 0 Å². The number of hydrogen-bond acceptors (Lipinski definition) is 5. The molecule has 0 aromatic carbocycles. The van der Waals surface area contributed by atoms with Gasteiger partial charge in [-0.2, -0.15) is 0 Å². The number of rotatable bonds is 1. The van der Waals surface area contributed by atoms with Crippen LogP contribution in [0, 0.1) is 0 Å². The largest absolute Gasteiger partial charge is 0.391 e. The Hall–Kier alpha value is -0.460. The molecule has 1 heterocycles. The molecule has 5 unspecified atom stereocenters. The molecular weight excluding hydrogens is 200 g/mol. The first-order chi connectivity index (χ1) is 7.20. The first-order valence-electron chi connectivity index (χ1n) is 5.17. The minimum absolute atomic E-state index is 0.216. The molecule has 0 spiro atoms. The van der Waals surface area contributed by atoms with E-state index in [1.54, 1.807) is 6.08 Å². The van der Waals surface area contributed by atoms with Crippen LogP contribution in [0.1, 0.15) is 12.8 Å². The van der Waals surface area contributed by atoms with Gasteiger partial charge in [-0.05, 0) is 12.8 Å². The Morgan fingerprint density at radius 3 is 2.67 bits per heavy atom. The standard InChI is InChI=1S/C10H16O5/c11-5-9-14-8-4-2-6(12)1-3-7(13)10(8)15-9/h1,3,6-13H,2,4-5H2/b3-1+. The highest BCUT2D eigenvalue weighted by Gasteiger charge is 2.39. The zero-order chi connectivity index (χ0) is 10.8. The number of aliphatic hydroxyl groups is 3. The summed E-state index contributed by atoms with van der Waals surface area (Å²) < 4.78 is 10.7. The van der Waals surface area contributed by atoms with Crippen molar-refractivity contribution in [2.45, 2.75) is 43.5 Å². The molecule has 1 aliphatic carbocycles. The average Bonchev–Trinajstić information content (AvgIpc) is 2.64. The summed E-state index contributed by atoms with van der Waals surface area (Å²) in [4.78, 5) is 0. The van der Waals surface area contributed by atoms with Gasteiger partial charge >= 0.3 is 0 Å². The predicted octanol–water partition coefficient (Wildman–Crippen LogP) is -0.839. The molecule has 0 saturated carbocycles. The van der Waals surface area contributed by atoms with Gasteiger partial charge in [0, 0.05) is 0 Å². The molecule has 2 aliphatic rings. The molecule has 1 aliphatic heterocycles. The summed E-state index contributed by atoms with van der Waals surface area (Å²) in [7, 11) is 0. The summed E-state index contributed by atoms with van der Waals surface area (Å²) in [6.45, 7) is -0.216. The smallest absolute Gasteiger partial charge is 0.181 e. The molecule has 5 heteroatoms. The van der Waals surface area contributed by atoms with Crippen LogP contribution in [0.4, 0.5) is 0 Å². The van der Waals surface area contributed by atoms with E-state index in [2.05, 4.69) is 0 Å². The predicted molar refractivity (Wildman–Crippen MR) is 51.0 cm³/mol. The maximum absolute atomic E-state index is 9.73. The molecule has 5 atom stereocenters. The van der Waals surface area contributed by atoms with Crippen LogP contribution in [0.5, 0.6) is 0 Å². The molecule has 0 radical (unpaired) electrons. The van der Waals surface area contributed by atoms with Crippen LogP contribution in [0.3, 0.4) is 0 Å². The summed E-state index contributed by atoms with van der Waals surface area (Å²) >= 11 is 0. The van der Waals surface area contributed by atoms with Gasteiger partial charge in [0.15, 0.2) is 6.29 Å². The van der Waals surface area contributed by atoms with Gasteiger partial charge in [-0.3, -0.25) is 0 Å². The van der Waals surface area contributed by atoms with Crippen molar-refractivity contribution >= 4 is 0 Å². The maximum Gasteiger partial charge on any atom is 0.181 e. The third-order valence-electron chi connectivity index (χ3n) is 2.76. The molecule has 5 nitrogen and oxygen atoms in total. The molecule has 15 heavy (non-hydrogen) atoms. The fourth-order valence-corrected chi connectivity index (χ4v) is 1.97. The van der Waals surface area contributed by atoms with Gasteiger partial charge in [-0.1, -0.05) is 12.2 Å². The highest BCUT2D eigenvalue weighted by molar-refractivity contribution is 5.02. The highest BCUT2D eigenvalue weighted by Crippen LogP contribution is 2.27. The molecular formula is C10H16O5. The fourth-order valence-electron chi connectivity index (χ4n) is 1.97. The number of hydrogen-bond donors (Lipinski definition) is 3. The second kappa shape index (κ2) is 4.59. The lowest BCUT2D eigenvalue weighted by molar-refractivity contribution is -0.103. The van der Waals surface area contributed by atoms with Crippen molar-refractivity contribution in [3.05, 3.63) is 12.2 Å². The second-order valence-electron chi connectivity index (χ2n) is 3.91. The zero-order valence-electron chi connectivity index (χ0n) is 8.32. The van der Waals surface area contributed by atoms with Crippen LogP contribution in [0.15, 0.2) is 12.2 Å². The third-order valence-corrected chi connectivity index (χ3v) is 2.76. The Morgan fingerprint density at radius 1 is 1.13 bits per heavy atom. The Labute approximate surface area is 87.9 Å². The van der Waals surface area contributed by atoms with Crippen molar-refractivity contribution in [3.63, 3.8) is 0 Å². The Bertz CT molecular complexity index is 242. The van der Waals surface area contributed by atoms with Crippen LogP contribution in [0.2, 0.25) is 0 Å². The summed E-state index contributed by atoms with van der Waals surface area (Å²) in [6, 6.07) is 0. The lowest BCUT2D eigenvalue weighted by Crippen LogP contribution is -2.35. The molecule has 86 valence electrons. The molecule has 2 rings (SSSR count). The van der Waals surface area contributed by atoms with Gasteiger partial charge in [0.1, 0.15) is 12.2 Å². The lowest BCUT2D eigenvalue weighted by atomic mass is 9.97. The molecule has 0 amide bonds. The van der Waals surface area contributed by atoms with E-state index in [-0.39, 0.29) is 12.7 Å². The summed E-state index contributed by atoms with van der Waals surface area (Å²) in [5, 5.41) is 28.1.